The van der Waals surface area contributed by atoms with Crippen molar-refractivity contribution in [3.8, 4) is 18.1 Å². The Hall–Kier alpha value is -3.48. The molecule has 164 valence electrons. The van der Waals surface area contributed by atoms with Crippen molar-refractivity contribution in [2.45, 2.75) is 25.3 Å². The average molecular weight is 453 g/mol. The maximum Gasteiger partial charge on any atom is 0.148 e. The van der Waals surface area contributed by atoms with Crippen LogP contribution in [0.3, 0.4) is 0 Å². The summed E-state index contributed by atoms with van der Waals surface area (Å²) in [7, 11) is 0. The minimum atomic E-state index is 0.193. The van der Waals surface area contributed by atoms with E-state index in [-0.39, 0.29) is 12.6 Å². The summed E-state index contributed by atoms with van der Waals surface area (Å²) >= 11 is 6.28. The van der Waals surface area contributed by atoms with Crippen molar-refractivity contribution in [2.24, 2.45) is 10.9 Å². The fraction of sp³-hybridized carbons (Fsp3) is 0.207. The van der Waals surface area contributed by atoms with E-state index in [1.807, 2.05) is 18.2 Å². The molecule has 3 aromatic rings. The third kappa shape index (κ3) is 4.40. The molecule has 1 N–H and O–H groups in total. The summed E-state index contributed by atoms with van der Waals surface area (Å²) in [5.74, 6) is 4.02. The molecule has 0 fully saturated rings. The van der Waals surface area contributed by atoms with Crippen molar-refractivity contribution >= 4 is 29.2 Å². The van der Waals surface area contributed by atoms with Crippen molar-refractivity contribution in [2.75, 3.05) is 11.9 Å². The predicted octanol–water partition coefficient (Wildman–Crippen LogP) is 7.24. The molecule has 0 spiro atoms. The second-order valence-electron chi connectivity index (χ2n) is 8.60. The van der Waals surface area contributed by atoms with Gasteiger partial charge in [0.15, 0.2) is 0 Å². The third-order valence-corrected chi connectivity index (χ3v) is 6.70. The molecule has 1 aliphatic heterocycles. The van der Waals surface area contributed by atoms with Gasteiger partial charge in [-0.3, -0.25) is 4.99 Å². The molecule has 0 unspecified atom stereocenters. The van der Waals surface area contributed by atoms with Crippen LogP contribution in [0, 0.1) is 25.2 Å². The third-order valence-electron chi connectivity index (χ3n) is 6.40. The van der Waals surface area contributed by atoms with Gasteiger partial charge in [0.25, 0.3) is 0 Å². The molecule has 33 heavy (non-hydrogen) atoms. The van der Waals surface area contributed by atoms with Gasteiger partial charge >= 0.3 is 0 Å². The van der Waals surface area contributed by atoms with Crippen LogP contribution in [-0.2, 0) is 0 Å². The van der Waals surface area contributed by atoms with E-state index < -0.39 is 0 Å². The summed E-state index contributed by atoms with van der Waals surface area (Å²) in [6.07, 6.45) is 12.8. The zero-order valence-electron chi connectivity index (χ0n) is 18.5. The minimum Gasteiger partial charge on any atom is -0.479 e. The number of aryl methyl sites for hydroxylation is 1. The Morgan fingerprint density at radius 3 is 2.79 bits per heavy atom. The molecule has 0 saturated heterocycles. The average Bonchev–Trinajstić information content (AvgIpc) is 3.33. The summed E-state index contributed by atoms with van der Waals surface area (Å²) in [6, 6.07) is 21.1. The van der Waals surface area contributed by atoms with Gasteiger partial charge in [0, 0.05) is 17.8 Å². The highest BCUT2D eigenvalue weighted by Crippen LogP contribution is 2.50. The van der Waals surface area contributed by atoms with E-state index in [4.69, 9.17) is 22.8 Å². The van der Waals surface area contributed by atoms with Crippen molar-refractivity contribution in [3.05, 3.63) is 100 Å². The number of halogens is 1. The smallest absolute Gasteiger partial charge is 0.148 e. The van der Waals surface area contributed by atoms with Crippen LogP contribution in [0.5, 0.6) is 5.75 Å². The van der Waals surface area contributed by atoms with Crippen molar-refractivity contribution < 1.29 is 4.74 Å². The highest BCUT2D eigenvalue weighted by atomic mass is 35.5. The first-order valence-electron chi connectivity index (χ1n) is 11.2. The summed E-state index contributed by atoms with van der Waals surface area (Å²) in [4.78, 5) is 4.62. The lowest BCUT2D eigenvalue weighted by Gasteiger charge is -2.37. The van der Waals surface area contributed by atoms with Gasteiger partial charge in [-0.15, -0.1) is 6.42 Å². The highest BCUT2D eigenvalue weighted by Gasteiger charge is 2.37. The van der Waals surface area contributed by atoms with Gasteiger partial charge in [-0.05, 0) is 72.4 Å². The first-order valence-corrected chi connectivity index (χ1v) is 11.5. The molecule has 1 heterocycles. The number of nitrogens with one attached hydrogen (secondary N) is 1. The molecule has 4 heteroatoms. The van der Waals surface area contributed by atoms with E-state index in [1.54, 1.807) is 6.21 Å². The molecule has 2 aliphatic rings. The fourth-order valence-corrected chi connectivity index (χ4v) is 5.04. The zero-order valence-corrected chi connectivity index (χ0v) is 19.2. The second-order valence-corrected chi connectivity index (χ2v) is 9.01. The number of rotatable bonds is 5. The Bertz CT molecular complexity index is 1270. The first-order chi connectivity index (χ1) is 16.1. The molecular weight excluding hydrogens is 428 g/mol. The van der Waals surface area contributed by atoms with E-state index in [0.717, 1.165) is 17.7 Å². The summed E-state index contributed by atoms with van der Waals surface area (Å²) in [5, 5.41) is 4.31. The summed E-state index contributed by atoms with van der Waals surface area (Å²) in [6.45, 7) is 2.35. The van der Waals surface area contributed by atoms with Gasteiger partial charge in [-0.25, -0.2) is 0 Å². The van der Waals surface area contributed by atoms with Gasteiger partial charge in [0.05, 0.1) is 16.8 Å². The molecule has 0 amide bonds. The number of allylic oxidation sites excluding steroid dienone is 2. The van der Waals surface area contributed by atoms with E-state index in [0.29, 0.717) is 22.6 Å². The number of aliphatic imine (C=N–C) groups is 1. The van der Waals surface area contributed by atoms with E-state index in [1.165, 1.54) is 22.4 Å². The second kappa shape index (κ2) is 9.17. The molecule has 0 bridgehead atoms. The Kier molecular flexibility index (Phi) is 5.94. The lowest BCUT2D eigenvalue weighted by molar-refractivity contribution is 0.370. The van der Waals surface area contributed by atoms with Crippen LogP contribution in [0.2, 0.25) is 5.02 Å². The van der Waals surface area contributed by atoms with Crippen LogP contribution < -0.4 is 10.1 Å². The van der Waals surface area contributed by atoms with Gasteiger partial charge in [-0.2, -0.15) is 0 Å². The fourth-order valence-electron chi connectivity index (χ4n) is 4.79. The number of hydrogen-bond donors (Lipinski definition) is 1. The number of benzene rings is 3. The highest BCUT2D eigenvalue weighted by molar-refractivity contribution is 6.32. The molecule has 0 aromatic heterocycles. The standard InChI is InChI=1S/C29H25ClN2O/c1-3-15-33-28-14-8-20(17-26(28)30)18-31-22-11-9-21(10-12-22)29-24-6-4-5-23(24)25-16-19(2)7-13-27(25)32-29/h1,4-5,7-14,16-18,23-24,29,32H,6,15H2,2H3/t23-,24+,29-/m0/s1. The normalized spacial score (nSPS) is 20.7. The Morgan fingerprint density at radius 2 is 2.00 bits per heavy atom. The quantitative estimate of drug-likeness (QED) is 0.251. The Morgan fingerprint density at radius 1 is 1.15 bits per heavy atom. The van der Waals surface area contributed by atoms with E-state index in [2.05, 4.69) is 77.8 Å². The molecule has 5 rings (SSSR count). The molecule has 0 saturated carbocycles. The molecule has 1 aliphatic carbocycles. The Labute approximate surface area is 200 Å². The minimum absolute atomic E-state index is 0.193. The van der Waals surface area contributed by atoms with Gasteiger partial charge in [-0.1, -0.05) is 59.5 Å². The topological polar surface area (TPSA) is 33.6 Å². The molecule has 3 nitrogen and oxygen atoms in total. The largest absolute Gasteiger partial charge is 0.479 e. The van der Waals surface area contributed by atoms with Crippen molar-refractivity contribution in [3.63, 3.8) is 0 Å². The number of hydrogen-bond acceptors (Lipinski definition) is 3. The number of fused-ring (bicyclic) bond motifs is 3. The molecular formula is C29H25ClN2O. The number of anilines is 1. The van der Waals surface area contributed by atoms with E-state index >= 15 is 0 Å². The molecule has 3 aromatic carbocycles. The number of nitrogens with zero attached hydrogens (tertiary/aromatic N) is 1. The number of ether oxygens (including phenoxy) is 1. The first kappa shape index (κ1) is 21.4. The summed E-state index contributed by atoms with van der Waals surface area (Å²) < 4.78 is 5.41. The van der Waals surface area contributed by atoms with Crippen LogP contribution >= 0.6 is 11.6 Å². The van der Waals surface area contributed by atoms with Crippen molar-refractivity contribution in [1.29, 1.82) is 0 Å². The lowest BCUT2D eigenvalue weighted by Crippen LogP contribution is -2.29. The van der Waals surface area contributed by atoms with Gasteiger partial charge in [0.1, 0.15) is 12.4 Å². The lowest BCUT2D eigenvalue weighted by atomic mass is 9.76. The van der Waals surface area contributed by atoms with Gasteiger partial charge < -0.3 is 10.1 Å². The van der Waals surface area contributed by atoms with Gasteiger partial charge in [0.2, 0.25) is 0 Å². The van der Waals surface area contributed by atoms with Crippen molar-refractivity contribution in [1.82, 2.24) is 0 Å². The number of terminal acetylenes is 1. The maximum atomic E-state index is 6.28. The Balaban J connectivity index is 1.32. The predicted molar refractivity (Wildman–Crippen MR) is 137 cm³/mol. The summed E-state index contributed by atoms with van der Waals surface area (Å²) in [5.41, 5.74) is 7.06. The van der Waals surface area contributed by atoms with Crippen LogP contribution in [0.15, 0.2) is 77.8 Å². The van der Waals surface area contributed by atoms with Crippen LogP contribution in [0.4, 0.5) is 11.4 Å². The maximum absolute atomic E-state index is 6.28. The molecule has 0 radical (unpaired) electrons. The van der Waals surface area contributed by atoms with Crippen LogP contribution in [0.25, 0.3) is 0 Å². The SMILES string of the molecule is C#CCOc1ccc(C=Nc2ccc([C@@H]3Nc4ccc(C)cc4[C@H]4C=CC[C@H]43)cc2)cc1Cl. The van der Waals surface area contributed by atoms with Crippen LogP contribution in [-0.4, -0.2) is 12.8 Å². The van der Waals surface area contributed by atoms with Crippen LogP contribution in [0.1, 0.15) is 40.6 Å². The van der Waals surface area contributed by atoms with E-state index in [9.17, 15) is 0 Å². The zero-order chi connectivity index (χ0) is 22.8. The monoisotopic (exact) mass is 452 g/mol. The molecule has 3 atom stereocenters.